The van der Waals surface area contributed by atoms with Crippen LogP contribution in [0.3, 0.4) is 0 Å². The molecular weight excluding hydrogens is 402 g/mol. The van der Waals surface area contributed by atoms with Gasteiger partial charge >= 0.3 is 12.0 Å². The topological polar surface area (TPSA) is 94.3 Å². The van der Waals surface area contributed by atoms with Crippen LogP contribution in [0, 0.1) is 0 Å². The fourth-order valence-electron chi connectivity index (χ4n) is 2.19. The molecule has 3 rings (SSSR count). The van der Waals surface area contributed by atoms with Gasteiger partial charge in [0.05, 0.1) is 5.75 Å². The summed E-state index contributed by atoms with van der Waals surface area (Å²) >= 11 is 7.29. The first-order valence-corrected chi connectivity index (χ1v) is 9.80. The Balaban J connectivity index is 1.38. The fourth-order valence-corrected chi connectivity index (χ4v) is 3.17. The van der Waals surface area contributed by atoms with E-state index in [0.29, 0.717) is 10.8 Å². The zero-order valence-corrected chi connectivity index (χ0v) is 16.2. The van der Waals surface area contributed by atoms with Crippen LogP contribution in [0.2, 0.25) is 5.02 Å². The van der Waals surface area contributed by atoms with Crippen molar-refractivity contribution in [2.45, 2.75) is 5.75 Å². The van der Waals surface area contributed by atoms with Gasteiger partial charge in [-0.25, -0.2) is 0 Å². The van der Waals surface area contributed by atoms with Crippen molar-refractivity contribution in [2.24, 2.45) is 0 Å². The Labute approximate surface area is 170 Å². The molecule has 144 valence electrons. The Morgan fingerprint density at radius 2 is 1.93 bits per heavy atom. The van der Waals surface area contributed by atoms with Crippen molar-refractivity contribution in [2.75, 3.05) is 17.7 Å². The minimum atomic E-state index is -0.559. The highest BCUT2D eigenvalue weighted by molar-refractivity contribution is 7.99. The molecule has 0 spiro atoms. The van der Waals surface area contributed by atoms with Gasteiger partial charge in [0, 0.05) is 16.3 Å². The molecule has 3 aromatic rings. The van der Waals surface area contributed by atoms with Crippen molar-refractivity contribution in [1.82, 2.24) is 10.2 Å². The number of ether oxygens (including phenoxy) is 1. The van der Waals surface area contributed by atoms with Crippen molar-refractivity contribution in [3.63, 3.8) is 0 Å². The lowest BCUT2D eigenvalue weighted by Gasteiger charge is -2.04. The third-order valence-electron chi connectivity index (χ3n) is 3.43. The number of amides is 1. The third-order valence-corrected chi connectivity index (χ3v) is 4.65. The van der Waals surface area contributed by atoms with E-state index in [2.05, 4.69) is 15.5 Å². The highest BCUT2D eigenvalue weighted by atomic mass is 35.5. The van der Waals surface area contributed by atoms with Crippen molar-refractivity contribution in [1.29, 1.82) is 0 Å². The van der Waals surface area contributed by atoms with E-state index in [4.69, 9.17) is 20.8 Å². The number of hydrogen-bond acceptors (Lipinski definition) is 7. The number of thioether (sulfide) groups is 1. The molecule has 0 atom stereocenters. The van der Waals surface area contributed by atoms with Gasteiger partial charge in [0.2, 0.25) is 5.89 Å². The van der Waals surface area contributed by atoms with E-state index in [9.17, 15) is 9.59 Å². The molecule has 0 radical (unpaired) electrons. The minimum Gasteiger partial charge on any atom is -0.455 e. The van der Waals surface area contributed by atoms with Crippen molar-refractivity contribution in [3.05, 3.63) is 65.2 Å². The number of carbonyl (C=O) groups is 2. The number of anilines is 1. The molecule has 1 heterocycles. The van der Waals surface area contributed by atoms with Crippen LogP contribution in [0.1, 0.15) is 5.56 Å². The zero-order chi connectivity index (χ0) is 19.8. The van der Waals surface area contributed by atoms with Gasteiger partial charge in [-0.2, -0.15) is 0 Å². The van der Waals surface area contributed by atoms with E-state index >= 15 is 0 Å². The number of hydrogen-bond donors (Lipinski definition) is 1. The van der Waals surface area contributed by atoms with Crippen LogP contribution >= 0.6 is 23.4 Å². The average molecular weight is 418 g/mol. The van der Waals surface area contributed by atoms with E-state index in [1.165, 1.54) is 11.8 Å². The first-order valence-electron chi connectivity index (χ1n) is 8.27. The zero-order valence-electron chi connectivity index (χ0n) is 14.6. The van der Waals surface area contributed by atoms with Gasteiger partial charge in [0.1, 0.15) is 0 Å². The summed E-state index contributed by atoms with van der Waals surface area (Å²) in [6.07, 6.45) is 0. The number of nitrogens with zero attached hydrogens (tertiary/aromatic N) is 2. The molecule has 7 nitrogen and oxygen atoms in total. The summed E-state index contributed by atoms with van der Waals surface area (Å²) in [5, 5.41) is 10.6. The quantitative estimate of drug-likeness (QED) is 0.557. The highest BCUT2D eigenvalue weighted by Gasteiger charge is 2.13. The number of rotatable bonds is 8. The molecule has 9 heteroatoms. The Morgan fingerprint density at radius 3 is 2.71 bits per heavy atom. The van der Waals surface area contributed by atoms with Crippen LogP contribution in [0.25, 0.3) is 11.5 Å². The van der Waals surface area contributed by atoms with Crippen molar-refractivity contribution >= 4 is 41.3 Å². The lowest BCUT2D eigenvalue weighted by atomic mass is 10.2. The summed E-state index contributed by atoms with van der Waals surface area (Å²) in [6, 6.07) is 16.5. The van der Waals surface area contributed by atoms with Gasteiger partial charge in [-0.05, 0) is 29.8 Å². The van der Waals surface area contributed by atoms with E-state index in [1.807, 2.05) is 48.5 Å². The van der Waals surface area contributed by atoms with Crippen molar-refractivity contribution < 1.29 is 18.7 Å². The number of carbonyl (C=O) groups excluding carboxylic acids is 2. The Kier molecular flexibility index (Phi) is 7.05. The molecule has 0 saturated heterocycles. The molecule has 0 aliphatic heterocycles. The number of esters is 1. The van der Waals surface area contributed by atoms with Crippen LogP contribution in [-0.2, 0) is 20.1 Å². The summed E-state index contributed by atoms with van der Waals surface area (Å²) < 4.78 is 10.3. The number of halogens is 1. The SMILES string of the molecule is O=C(COC(=O)CSCc1cccc(Cl)c1)Nc1nnc(-c2ccccc2)o1. The van der Waals surface area contributed by atoms with Crippen LogP contribution in [-0.4, -0.2) is 34.4 Å². The second kappa shape index (κ2) is 9.91. The van der Waals surface area contributed by atoms with E-state index in [1.54, 1.807) is 6.07 Å². The largest absolute Gasteiger partial charge is 0.455 e. The summed E-state index contributed by atoms with van der Waals surface area (Å²) in [4.78, 5) is 23.6. The molecule has 0 saturated carbocycles. The van der Waals surface area contributed by atoms with Gasteiger partial charge in [-0.15, -0.1) is 16.9 Å². The Morgan fingerprint density at radius 1 is 1.11 bits per heavy atom. The third kappa shape index (κ3) is 6.11. The Hall–Kier alpha value is -2.84. The maximum Gasteiger partial charge on any atom is 0.322 e. The number of nitrogens with one attached hydrogen (secondary N) is 1. The molecule has 0 aliphatic carbocycles. The van der Waals surface area contributed by atoms with Gasteiger partial charge in [0.15, 0.2) is 6.61 Å². The lowest BCUT2D eigenvalue weighted by molar-refractivity contribution is -0.144. The van der Waals surface area contributed by atoms with E-state index in [0.717, 1.165) is 11.1 Å². The second-order valence-corrected chi connectivity index (χ2v) is 7.03. The molecule has 0 aliphatic rings. The first-order chi connectivity index (χ1) is 13.6. The molecule has 0 fully saturated rings. The van der Waals surface area contributed by atoms with Crippen LogP contribution in [0.15, 0.2) is 59.0 Å². The smallest absolute Gasteiger partial charge is 0.322 e. The van der Waals surface area contributed by atoms with Gasteiger partial charge < -0.3 is 9.15 Å². The second-order valence-electron chi connectivity index (χ2n) is 5.61. The van der Waals surface area contributed by atoms with Crippen LogP contribution < -0.4 is 5.32 Å². The molecule has 0 unspecified atom stereocenters. The summed E-state index contributed by atoms with van der Waals surface area (Å²) in [6.45, 7) is -0.431. The number of aromatic nitrogens is 2. The maximum atomic E-state index is 11.9. The molecule has 0 bridgehead atoms. The monoisotopic (exact) mass is 417 g/mol. The van der Waals surface area contributed by atoms with Crippen LogP contribution in [0.5, 0.6) is 0 Å². The fraction of sp³-hybridized carbons (Fsp3) is 0.158. The Bertz CT molecular complexity index is 949. The average Bonchev–Trinajstić information content (AvgIpc) is 3.16. The molecule has 28 heavy (non-hydrogen) atoms. The molecule has 1 N–H and O–H groups in total. The summed E-state index contributed by atoms with van der Waals surface area (Å²) in [5.74, 6) is -0.0237. The summed E-state index contributed by atoms with van der Waals surface area (Å²) in [7, 11) is 0. The standard InChI is InChI=1S/C19H16ClN3O4S/c20-15-8-4-5-13(9-15)11-28-12-17(25)26-10-16(24)21-19-23-22-18(27-19)14-6-2-1-3-7-14/h1-9H,10-12H2,(H,21,23,24). The highest BCUT2D eigenvalue weighted by Crippen LogP contribution is 2.19. The predicted molar refractivity (Wildman–Crippen MR) is 107 cm³/mol. The summed E-state index contributed by atoms with van der Waals surface area (Å²) in [5.41, 5.74) is 1.74. The number of benzene rings is 2. The molecule has 2 aromatic carbocycles. The van der Waals surface area contributed by atoms with Crippen molar-refractivity contribution in [3.8, 4) is 11.5 Å². The van der Waals surface area contributed by atoms with Gasteiger partial charge in [0.25, 0.3) is 5.91 Å². The normalized spacial score (nSPS) is 10.5. The predicted octanol–water partition coefficient (Wildman–Crippen LogP) is 3.81. The van der Waals surface area contributed by atoms with E-state index < -0.39 is 18.5 Å². The molecule has 1 amide bonds. The maximum absolute atomic E-state index is 11.9. The lowest BCUT2D eigenvalue weighted by Crippen LogP contribution is -2.21. The minimum absolute atomic E-state index is 0.0600. The molecular formula is C19H16ClN3O4S. The van der Waals surface area contributed by atoms with Gasteiger partial charge in [-0.1, -0.05) is 47.0 Å². The molecule has 1 aromatic heterocycles. The van der Waals surface area contributed by atoms with Gasteiger partial charge in [-0.3, -0.25) is 14.9 Å². The van der Waals surface area contributed by atoms with E-state index in [-0.39, 0.29) is 17.7 Å². The first kappa shape index (κ1) is 19.9. The van der Waals surface area contributed by atoms with Crippen LogP contribution in [0.4, 0.5) is 6.01 Å².